The van der Waals surface area contributed by atoms with Crippen LogP contribution in [0.25, 0.3) is 0 Å². The fraction of sp³-hybridized carbons (Fsp3) is 0.381. The summed E-state index contributed by atoms with van der Waals surface area (Å²) in [5.74, 6) is 0.322. The lowest BCUT2D eigenvalue weighted by molar-refractivity contribution is -0.128. The number of carbonyl (C=O) groups excluding carboxylic acids is 1. The Morgan fingerprint density at radius 3 is 2.55 bits per heavy atom. The second-order valence-electron chi connectivity index (χ2n) is 7.61. The number of hydrogen-bond donors (Lipinski definition) is 1. The maximum atomic E-state index is 13.0. The molecule has 1 amide bonds. The first-order chi connectivity index (χ1) is 13.6. The molecule has 8 heteroatoms. The molecule has 0 aromatic heterocycles. The van der Waals surface area contributed by atoms with E-state index in [0.29, 0.717) is 22.4 Å². The van der Waals surface area contributed by atoms with E-state index in [1.54, 1.807) is 12.1 Å². The quantitative estimate of drug-likeness (QED) is 0.747. The molecular formula is C21H25ClN2O4S. The molecule has 0 fully saturated rings. The van der Waals surface area contributed by atoms with Gasteiger partial charge < -0.3 is 10.1 Å². The fourth-order valence-corrected chi connectivity index (χ4v) is 4.45. The average molecular weight is 437 g/mol. The van der Waals surface area contributed by atoms with Gasteiger partial charge in [0.15, 0.2) is 6.10 Å². The lowest BCUT2D eigenvalue weighted by Crippen LogP contribution is -2.51. The lowest BCUT2D eigenvalue weighted by Gasteiger charge is -2.35. The first-order valence-electron chi connectivity index (χ1n) is 9.44. The molecule has 1 aliphatic rings. The zero-order valence-electron chi connectivity index (χ0n) is 16.6. The number of ether oxygens (including phenoxy) is 1. The maximum Gasteiger partial charge on any atom is 0.263 e. The molecule has 29 heavy (non-hydrogen) atoms. The number of nitrogens with zero attached hydrogens (tertiary/aromatic N) is 1. The number of fused-ring (bicyclic) bond motifs is 1. The summed E-state index contributed by atoms with van der Waals surface area (Å²) in [6, 6.07) is 14.2. The molecule has 1 N–H and O–H groups in total. The third kappa shape index (κ3) is 5.22. The molecule has 0 bridgehead atoms. The fourth-order valence-electron chi connectivity index (χ4n) is 3.37. The van der Waals surface area contributed by atoms with Gasteiger partial charge in [-0.25, -0.2) is 8.42 Å². The zero-order chi connectivity index (χ0) is 21.2. The lowest BCUT2D eigenvalue weighted by atomic mass is 9.96. The van der Waals surface area contributed by atoms with E-state index >= 15 is 0 Å². The highest BCUT2D eigenvalue weighted by molar-refractivity contribution is 7.92. The van der Waals surface area contributed by atoms with Crippen molar-refractivity contribution in [2.45, 2.75) is 32.4 Å². The molecular weight excluding hydrogens is 412 g/mol. The van der Waals surface area contributed by atoms with Crippen molar-refractivity contribution in [3.8, 4) is 5.75 Å². The average Bonchev–Trinajstić information content (AvgIpc) is 2.66. The van der Waals surface area contributed by atoms with Crippen LogP contribution in [0, 0.1) is 5.92 Å². The molecule has 0 aliphatic carbocycles. The van der Waals surface area contributed by atoms with Crippen molar-refractivity contribution in [3.05, 3.63) is 59.1 Å². The Hall–Kier alpha value is -2.25. The van der Waals surface area contributed by atoms with Gasteiger partial charge in [-0.1, -0.05) is 55.8 Å². The van der Waals surface area contributed by atoms with E-state index in [1.807, 2.05) is 30.3 Å². The summed E-state index contributed by atoms with van der Waals surface area (Å²) >= 11 is 6.02. The number of anilines is 1. The Morgan fingerprint density at radius 1 is 1.24 bits per heavy atom. The highest BCUT2D eigenvalue weighted by Crippen LogP contribution is 2.37. The van der Waals surface area contributed by atoms with Crippen molar-refractivity contribution in [1.82, 2.24) is 5.32 Å². The van der Waals surface area contributed by atoms with Gasteiger partial charge in [-0.05, 0) is 36.1 Å². The molecule has 3 rings (SSSR count). The minimum Gasteiger partial charge on any atom is -0.476 e. The Balaban J connectivity index is 1.86. The topological polar surface area (TPSA) is 75.7 Å². The predicted molar refractivity (Wildman–Crippen MR) is 115 cm³/mol. The summed E-state index contributed by atoms with van der Waals surface area (Å²) in [5.41, 5.74) is 1.34. The van der Waals surface area contributed by atoms with Crippen LogP contribution in [0.1, 0.15) is 31.9 Å². The summed E-state index contributed by atoms with van der Waals surface area (Å²) < 4.78 is 31.6. The molecule has 2 aromatic rings. The van der Waals surface area contributed by atoms with Gasteiger partial charge in [-0.2, -0.15) is 0 Å². The number of rotatable bonds is 6. The molecule has 0 unspecified atom stereocenters. The molecule has 2 aromatic carbocycles. The van der Waals surface area contributed by atoms with Crippen molar-refractivity contribution in [2.24, 2.45) is 5.92 Å². The molecule has 1 aliphatic heterocycles. The first kappa shape index (κ1) is 21.5. The van der Waals surface area contributed by atoms with E-state index in [2.05, 4.69) is 19.2 Å². The van der Waals surface area contributed by atoms with Crippen LogP contribution in [0.5, 0.6) is 5.75 Å². The number of sulfonamides is 1. The van der Waals surface area contributed by atoms with Crippen LogP contribution in [0.4, 0.5) is 5.69 Å². The van der Waals surface area contributed by atoms with Crippen LogP contribution >= 0.6 is 11.6 Å². The van der Waals surface area contributed by atoms with Crippen molar-refractivity contribution in [1.29, 1.82) is 0 Å². The normalized spacial score (nSPS) is 17.4. The van der Waals surface area contributed by atoms with Gasteiger partial charge in [0.25, 0.3) is 5.91 Å². The van der Waals surface area contributed by atoms with E-state index in [9.17, 15) is 13.2 Å². The van der Waals surface area contributed by atoms with Crippen LogP contribution in [-0.4, -0.2) is 33.2 Å². The molecule has 0 saturated carbocycles. The van der Waals surface area contributed by atoms with Crippen LogP contribution in [0.2, 0.25) is 5.02 Å². The number of halogens is 1. The monoisotopic (exact) mass is 436 g/mol. The Morgan fingerprint density at radius 2 is 1.93 bits per heavy atom. The third-order valence-electron chi connectivity index (χ3n) is 4.71. The Labute approximate surface area is 176 Å². The van der Waals surface area contributed by atoms with E-state index in [1.165, 1.54) is 10.4 Å². The highest BCUT2D eigenvalue weighted by atomic mass is 35.5. The molecule has 1 heterocycles. The molecule has 2 atom stereocenters. The number of nitrogens with one attached hydrogen (secondary N) is 1. The number of hydrogen-bond acceptors (Lipinski definition) is 4. The highest BCUT2D eigenvalue weighted by Gasteiger charge is 2.36. The van der Waals surface area contributed by atoms with E-state index in [0.717, 1.165) is 18.2 Å². The largest absolute Gasteiger partial charge is 0.476 e. The SMILES string of the molecule is CC(C)C[C@@H](NC(=O)[C@H]1CN(S(C)(=O)=O)c2cc(Cl)ccc2O1)c1ccccc1. The second kappa shape index (κ2) is 8.63. The predicted octanol–water partition coefficient (Wildman–Crippen LogP) is 3.77. The first-order valence-corrected chi connectivity index (χ1v) is 11.7. The van der Waals surface area contributed by atoms with Gasteiger partial charge in [0.2, 0.25) is 10.0 Å². The van der Waals surface area contributed by atoms with Crippen molar-refractivity contribution >= 4 is 33.2 Å². The number of amides is 1. The van der Waals surface area contributed by atoms with Gasteiger partial charge in [0, 0.05) is 5.02 Å². The van der Waals surface area contributed by atoms with Crippen LogP contribution in [-0.2, 0) is 14.8 Å². The zero-order valence-corrected chi connectivity index (χ0v) is 18.2. The summed E-state index contributed by atoms with van der Waals surface area (Å²) in [6.45, 7) is 4.07. The number of benzene rings is 2. The Kier molecular flexibility index (Phi) is 6.39. The summed E-state index contributed by atoms with van der Waals surface area (Å²) in [7, 11) is -3.61. The minimum atomic E-state index is -3.61. The molecule has 0 spiro atoms. The van der Waals surface area contributed by atoms with Crippen LogP contribution in [0.3, 0.4) is 0 Å². The molecule has 6 nitrogen and oxygen atoms in total. The second-order valence-corrected chi connectivity index (χ2v) is 9.96. The summed E-state index contributed by atoms with van der Waals surface area (Å²) in [6.07, 6.45) is 0.894. The van der Waals surface area contributed by atoms with Gasteiger partial charge in [-0.3, -0.25) is 9.10 Å². The number of carbonyl (C=O) groups is 1. The molecule has 0 saturated heterocycles. The maximum absolute atomic E-state index is 13.0. The van der Waals surface area contributed by atoms with Crippen LogP contribution in [0.15, 0.2) is 48.5 Å². The Bertz CT molecular complexity index is 979. The van der Waals surface area contributed by atoms with Gasteiger partial charge in [-0.15, -0.1) is 0 Å². The van der Waals surface area contributed by atoms with Crippen molar-refractivity contribution in [2.75, 3.05) is 17.1 Å². The standard InChI is InChI=1S/C21H25ClN2O4S/c1-14(2)11-17(15-7-5-4-6-8-15)23-21(25)20-13-24(29(3,26)27)18-12-16(22)9-10-19(18)28-20/h4-10,12,14,17,20H,11,13H2,1-3H3,(H,23,25)/t17-,20-/m1/s1. The van der Waals surface area contributed by atoms with Gasteiger partial charge in [0.05, 0.1) is 24.5 Å². The smallest absolute Gasteiger partial charge is 0.263 e. The van der Waals surface area contributed by atoms with E-state index in [-0.39, 0.29) is 18.5 Å². The minimum absolute atomic E-state index is 0.110. The van der Waals surface area contributed by atoms with Gasteiger partial charge in [0.1, 0.15) is 5.75 Å². The molecule has 0 radical (unpaired) electrons. The summed E-state index contributed by atoms with van der Waals surface area (Å²) in [5, 5.41) is 3.43. The van der Waals surface area contributed by atoms with E-state index < -0.39 is 16.1 Å². The van der Waals surface area contributed by atoms with Crippen molar-refractivity contribution < 1.29 is 17.9 Å². The van der Waals surface area contributed by atoms with E-state index in [4.69, 9.17) is 16.3 Å². The molecule has 156 valence electrons. The van der Waals surface area contributed by atoms with Crippen LogP contribution < -0.4 is 14.4 Å². The third-order valence-corrected chi connectivity index (χ3v) is 6.09. The van der Waals surface area contributed by atoms with Gasteiger partial charge >= 0.3 is 0 Å². The van der Waals surface area contributed by atoms with Crippen molar-refractivity contribution in [3.63, 3.8) is 0 Å². The summed E-state index contributed by atoms with van der Waals surface area (Å²) in [4.78, 5) is 13.0.